The molecule has 0 aromatic carbocycles. The summed E-state index contributed by atoms with van der Waals surface area (Å²) in [6.07, 6.45) is 6.02. The number of nitrogens with zero attached hydrogens (tertiary/aromatic N) is 1. The minimum Gasteiger partial charge on any atom is -0.311 e. The molecule has 2 rings (SSSR count). The summed E-state index contributed by atoms with van der Waals surface area (Å²) in [7, 11) is 2.29. The molecule has 2 heteroatoms. The highest BCUT2D eigenvalue weighted by atomic mass is 15.1. The van der Waals surface area contributed by atoms with Crippen LogP contribution in [-0.2, 0) is 0 Å². The van der Waals surface area contributed by atoms with Crippen molar-refractivity contribution in [2.24, 2.45) is 17.8 Å². The first-order valence-corrected chi connectivity index (χ1v) is 7.41. The van der Waals surface area contributed by atoms with E-state index in [1.807, 2.05) is 0 Å². The van der Waals surface area contributed by atoms with Crippen molar-refractivity contribution in [2.75, 3.05) is 26.7 Å². The van der Waals surface area contributed by atoms with Gasteiger partial charge in [-0.1, -0.05) is 12.8 Å². The van der Waals surface area contributed by atoms with Crippen LogP contribution in [-0.4, -0.2) is 37.1 Å². The zero-order valence-electron chi connectivity index (χ0n) is 12.1. The van der Waals surface area contributed by atoms with Gasteiger partial charge in [0.05, 0.1) is 0 Å². The van der Waals surface area contributed by atoms with Crippen molar-refractivity contribution >= 4 is 0 Å². The van der Waals surface area contributed by atoms with E-state index < -0.39 is 0 Å². The van der Waals surface area contributed by atoms with Crippen LogP contribution in [0.5, 0.6) is 0 Å². The molecule has 0 heterocycles. The lowest BCUT2D eigenvalue weighted by Gasteiger charge is -2.23. The fourth-order valence-corrected chi connectivity index (χ4v) is 3.48. The zero-order valence-corrected chi connectivity index (χ0v) is 12.1. The molecule has 2 saturated carbocycles. The summed E-state index contributed by atoms with van der Waals surface area (Å²) in [5.74, 6) is 3.24. The van der Waals surface area contributed by atoms with Crippen molar-refractivity contribution < 1.29 is 0 Å². The number of hydrogen-bond acceptors (Lipinski definition) is 2. The Balaban J connectivity index is 1.60. The van der Waals surface area contributed by atoms with Gasteiger partial charge in [-0.2, -0.15) is 0 Å². The van der Waals surface area contributed by atoms with E-state index in [4.69, 9.17) is 0 Å². The highest BCUT2D eigenvalue weighted by molar-refractivity contribution is 5.00. The third-order valence-corrected chi connectivity index (χ3v) is 4.51. The normalized spacial score (nSPS) is 32.6. The number of rotatable bonds is 5. The minimum absolute atomic E-state index is 0.258. The third-order valence-electron chi connectivity index (χ3n) is 4.51. The van der Waals surface area contributed by atoms with Crippen LogP contribution in [0.1, 0.15) is 46.5 Å². The Hall–Kier alpha value is -0.0800. The maximum absolute atomic E-state index is 3.57. The Morgan fingerprint density at radius 3 is 2.24 bits per heavy atom. The Kier molecular flexibility index (Phi) is 4.14. The molecule has 17 heavy (non-hydrogen) atoms. The first kappa shape index (κ1) is 13.4. The summed E-state index contributed by atoms with van der Waals surface area (Å²) in [4.78, 5) is 2.53. The molecule has 2 atom stereocenters. The fraction of sp³-hybridized carbons (Fsp3) is 1.00. The molecule has 0 spiro atoms. The molecule has 0 radical (unpaired) electrons. The SMILES string of the molecule is CN(CCNC(C)(C)C)CC1C2CCCCC21. The molecule has 2 aliphatic carbocycles. The van der Waals surface area contributed by atoms with E-state index in [-0.39, 0.29) is 5.54 Å². The summed E-state index contributed by atoms with van der Waals surface area (Å²) < 4.78 is 0. The summed E-state index contributed by atoms with van der Waals surface area (Å²) in [5.41, 5.74) is 0.258. The van der Waals surface area contributed by atoms with Gasteiger partial charge in [0, 0.05) is 25.2 Å². The minimum atomic E-state index is 0.258. The van der Waals surface area contributed by atoms with Crippen LogP contribution in [0.25, 0.3) is 0 Å². The van der Waals surface area contributed by atoms with Crippen LogP contribution in [0.15, 0.2) is 0 Å². The van der Waals surface area contributed by atoms with Gasteiger partial charge < -0.3 is 10.2 Å². The van der Waals surface area contributed by atoms with Crippen molar-refractivity contribution in [1.82, 2.24) is 10.2 Å². The maximum atomic E-state index is 3.57. The van der Waals surface area contributed by atoms with Crippen molar-refractivity contribution in [3.8, 4) is 0 Å². The predicted octanol–water partition coefficient (Wildman–Crippen LogP) is 2.74. The predicted molar refractivity (Wildman–Crippen MR) is 74.2 cm³/mol. The van der Waals surface area contributed by atoms with Gasteiger partial charge >= 0.3 is 0 Å². The van der Waals surface area contributed by atoms with E-state index >= 15 is 0 Å². The molecule has 2 fully saturated rings. The van der Waals surface area contributed by atoms with Crippen molar-refractivity contribution in [3.05, 3.63) is 0 Å². The van der Waals surface area contributed by atoms with Crippen molar-refractivity contribution in [3.63, 3.8) is 0 Å². The van der Waals surface area contributed by atoms with Crippen LogP contribution in [0, 0.1) is 17.8 Å². The topological polar surface area (TPSA) is 15.3 Å². The summed E-state index contributed by atoms with van der Waals surface area (Å²) in [5, 5.41) is 3.57. The second-order valence-electron chi connectivity index (χ2n) is 7.22. The van der Waals surface area contributed by atoms with Gasteiger partial charge in [-0.05, 0) is 58.4 Å². The second kappa shape index (κ2) is 5.27. The van der Waals surface area contributed by atoms with Crippen LogP contribution < -0.4 is 5.32 Å². The molecule has 0 amide bonds. The molecule has 100 valence electrons. The van der Waals surface area contributed by atoms with Crippen LogP contribution in [0.3, 0.4) is 0 Å². The average molecular weight is 238 g/mol. The standard InChI is InChI=1S/C15H30N2/c1-15(2,3)16-9-10-17(4)11-14-12-7-5-6-8-13(12)14/h12-14,16H,5-11H2,1-4H3. The largest absolute Gasteiger partial charge is 0.311 e. The van der Waals surface area contributed by atoms with Gasteiger partial charge in [0.15, 0.2) is 0 Å². The lowest BCUT2D eigenvalue weighted by Crippen LogP contribution is -2.41. The van der Waals surface area contributed by atoms with E-state index in [1.54, 1.807) is 0 Å². The van der Waals surface area contributed by atoms with E-state index in [0.717, 1.165) is 24.3 Å². The van der Waals surface area contributed by atoms with Crippen molar-refractivity contribution in [2.45, 2.75) is 52.0 Å². The smallest absolute Gasteiger partial charge is 0.0104 e. The molecule has 2 aliphatic rings. The Morgan fingerprint density at radius 2 is 1.71 bits per heavy atom. The lowest BCUT2D eigenvalue weighted by atomic mass is 10.0. The maximum Gasteiger partial charge on any atom is 0.0104 e. The first-order valence-electron chi connectivity index (χ1n) is 7.41. The molecule has 1 N–H and O–H groups in total. The molecule has 2 nitrogen and oxygen atoms in total. The van der Waals surface area contributed by atoms with Crippen LogP contribution in [0.2, 0.25) is 0 Å². The lowest BCUT2D eigenvalue weighted by molar-refractivity contribution is 0.291. The monoisotopic (exact) mass is 238 g/mol. The number of likely N-dealkylation sites (N-methyl/N-ethyl adjacent to an activating group) is 1. The van der Waals surface area contributed by atoms with Gasteiger partial charge in [-0.15, -0.1) is 0 Å². The van der Waals surface area contributed by atoms with Gasteiger partial charge in [-0.3, -0.25) is 0 Å². The van der Waals surface area contributed by atoms with E-state index in [2.05, 4.69) is 38.0 Å². The van der Waals surface area contributed by atoms with E-state index in [0.29, 0.717) is 0 Å². The highest BCUT2D eigenvalue weighted by Gasteiger charge is 2.50. The van der Waals surface area contributed by atoms with Gasteiger partial charge in [0.2, 0.25) is 0 Å². The number of nitrogens with one attached hydrogen (secondary N) is 1. The average Bonchev–Trinajstić information content (AvgIpc) is 2.90. The second-order valence-corrected chi connectivity index (χ2v) is 7.22. The van der Waals surface area contributed by atoms with E-state index in [1.165, 1.54) is 38.8 Å². The fourth-order valence-electron chi connectivity index (χ4n) is 3.48. The first-order chi connectivity index (χ1) is 7.97. The Labute approximate surface area is 107 Å². The van der Waals surface area contributed by atoms with E-state index in [9.17, 15) is 0 Å². The molecular formula is C15H30N2. The number of fused-ring (bicyclic) bond motifs is 1. The molecule has 0 bridgehead atoms. The molecule has 0 aromatic rings. The molecule has 0 aromatic heterocycles. The third kappa shape index (κ3) is 3.96. The van der Waals surface area contributed by atoms with Gasteiger partial charge in [0.25, 0.3) is 0 Å². The molecular weight excluding hydrogens is 208 g/mol. The summed E-state index contributed by atoms with van der Waals surface area (Å²) >= 11 is 0. The highest BCUT2D eigenvalue weighted by Crippen LogP contribution is 2.55. The molecule has 0 saturated heterocycles. The quantitative estimate of drug-likeness (QED) is 0.792. The van der Waals surface area contributed by atoms with Gasteiger partial charge in [0.1, 0.15) is 0 Å². The zero-order chi connectivity index (χ0) is 12.5. The Bertz CT molecular complexity index is 232. The number of hydrogen-bond donors (Lipinski definition) is 1. The molecule has 0 aliphatic heterocycles. The summed E-state index contributed by atoms with van der Waals surface area (Å²) in [6.45, 7) is 10.4. The summed E-state index contributed by atoms with van der Waals surface area (Å²) in [6, 6.07) is 0. The van der Waals surface area contributed by atoms with Crippen LogP contribution in [0.4, 0.5) is 0 Å². The van der Waals surface area contributed by atoms with Gasteiger partial charge in [-0.25, -0.2) is 0 Å². The van der Waals surface area contributed by atoms with Crippen molar-refractivity contribution in [1.29, 1.82) is 0 Å². The Morgan fingerprint density at radius 1 is 1.12 bits per heavy atom. The molecule has 2 unspecified atom stereocenters. The van der Waals surface area contributed by atoms with Crippen LogP contribution >= 0.6 is 0 Å².